The van der Waals surface area contributed by atoms with E-state index in [1.54, 1.807) is 0 Å². The summed E-state index contributed by atoms with van der Waals surface area (Å²) in [4.78, 5) is 0. The van der Waals surface area contributed by atoms with Gasteiger partial charge >= 0.3 is 0 Å². The second-order valence-electron chi connectivity index (χ2n) is 3.10. The van der Waals surface area contributed by atoms with E-state index in [1.165, 1.54) is 0 Å². The molecule has 3 N–H and O–H groups in total. The maximum absolute atomic E-state index is 10.1. The highest BCUT2D eigenvalue weighted by Crippen LogP contribution is 2.24. The molecule has 0 heterocycles. The van der Waals surface area contributed by atoms with Gasteiger partial charge in [-0.15, -0.1) is 0 Å². The molecule has 0 amide bonds. The van der Waals surface area contributed by atoms with Crippen LogP contribution < -0.4 is 5.73 Å². The first kappa shape index (κ1) is 10.7. The van der Waals surface area contributed by atoms with Crippen molar-refractivity contribution in [3.63, 3.8) is 0 Å². The van der Waals surface area contributed by atoms with Crippen LogP contribution in [-0.4, -0.2) is 11.7 Å². The zero-order chi connectivity index (χ0) is 9.90. The first-order valence-corrected chi connectivity index (χ1v) is 5.10. The summed E-state index contributed by atoms with van der Waals surface area (Å²) >= 11 is 3.34. The molecule has 0 bridgehead atoms. The van der Waals surface area contributed by atoms with Crippen LogP contribution in [0.3, 0.4) is 0 Å². The summed E-state index contributed by atoms with van der Waals surface area (Å²) in [5.74, 6) is 0. The first-order valence-electron chi connectivity index (χ1n) is 4.31. The third-order valence-corrected chi connectivity index (χ3v) is 2.83. The van der Waals surface area contributed by atoms with Crippen LogP contribution in [0.25, 0.3) is 0 Å². The minimum absolute atomic E-state index is 0.255. The molecule has 0 radical (unpaired) electrons. The van der Waals surface area contributed by atoms with Gasteiger partial charge in [-0.1, -0.05) is 35.0 Å². The number of hydrogen-bond donors (Lipinski definition) is 2. The predicted molar refractivity (Wildman–Crippen MR) is 57.4 cm³/mol. The molecule has 1 rings (SSSR count). The van der Waals surface area contributed by atoms with Crippen LogP contribution in [0.15, 0.2) is 28.7 Å². The molecule has 1 atom stereocenters. The molecule has 0 unspecified atom stereocenters. The molecule has 3 heteroatoms. The highest BCUT2D eigenvalue weighted by molar-refractivity contribution is 9.10. The van der Waals surface area contributed by atoms with E-state index in [1.807, 2.05) is 31.2 Å². The fourth-order valence-corrected chi connectivity index (χ4v) is 1.49. The fraction of sp³-hybridized carbons (Fsp3) is 0.400. The molecule has 0 saturated heterocycles. The Morgan fingerprint density at radius 1 is 1.38 bits per heavy atom. The molecule has 0 fully saturated rings. The number of halogens is 1. The van der Waals surface area contributed by atoms with Crippen LogP contribution in [0, 0.1) is 0 Å². The van der Waals surface area contributed by atoms with Gasteiger partial charge in [0, 0.05) is 11.0 Å². The second kappa shape index (κ2) is 4.22. The van der Waals surface area contributed by atoms with Crippen LogP contribution in [0.1, 0.15) is 18.9 Å². The lowest BCUT2D eigenvalue weighted by atomic mass is 9.91. The van der Waals surface area contributed by atoms with Crippen molar-refractivity contribution in [3.05, 3.63) is 34.3 Å². The van der Waals surface area contributed by atoms with Crippen molar-refractivity contribution in [1.29, 1.82) is 0 Å². The quantitative estimate of drug-likeness (QED) is 0.854. The number of nitrogens with two attached hydrogens (primary N) is 1. The highest BCUT2D eigenvalue weighted by atomic mass is 79.9. The van der Waals surface area contributed by atoms with Gasteiger partial charge < -0.3 is 10.8 Å². The van der Waals surface area contributed by atoms with E-state index in [9.17, 15) is 5.11 Å². The molecule has 0 aromatic heterocycles. The standard InChI is InChI=1S/C10H14BrNO/c1-2-10(13,7-12)8-3-5-9(11)6-4-8/h3-6,13H,2,7,12H2,1H3/t10-/m1/s1. The number of aliphatic hydroxyl groups is 1. The van der Waals surface area contributed by atoms with E-state index in [0.29, 0.717) is 6.42 Å². The van der Waals surface area contributed by atoms with Gasteiger partial charge in [-0.25, -0.2) is 0 Å². The van der Waals surface area contributed by atoms with E-state index in [-0.39, 0.29) is 6.54 Å². The summed E-state index contributed by atoms with van der Waals surface area (Å²) in [5.41, 5.74) is 5.53. The van der Waals surface area contributed by atoms with Crippen LogP contribution in [-0.2, 0) is 5.60 Å². The van der Waals surface area contributed by atoms with E-state index in [2.05, 4.69) is 15.9 Å². The molecule has 0 aliphatic carbocycles. The van der Waals surface area contributed by atoms with Crippen molar-refractivity contribution in [2.75, 3.05) is 6.54 Å². The lowest BCUT2D eigenvalue weighted by Gasteiger charge is -2.25. The normalized spacial score (nSPS) is 15.4. The smallest absolute Gasteiger partial charge is 0.102 e. The van der Waals surface area contributed by atoms with Crippen LogP contribution >= 0.6 is 15.9 Å². The Labute approximate surface area is 86.9 Å². The van der Waals surface area contributed by atoms with E-state index < -0.39 is 5.60 Å². The Bertz CT molecular complexity index is 267. The molecule has 1 aromatic carbocycles. The molecule has 0 aliphatic heterocycles. The van der Waals surface area contributed by atoms with Crippen molar-refractivity contribution < 1.29 is 5.11 Å². The van der Waals surface area contributed by atoms with Crippen molar-refractivity contribution in [2.45, 2.75) is 18.9 Å². The molecule has 0 saturated carbocycles. The minimum atomic E-state index is -0.874. The van der Waals surface area contributed by atoms with Gasteiger partial charge in [0.15, 0.2) is 0 Å². The summed E-state index contributed by atoms with van der Waals surface area (Å²) in [7, 11) is 0. The average molecular weight is 244 g/mol. The Kier molecular flexibility index (Phi) is 3.47. The van der Waals surface area contributed by atoms with Gasteiger partial charge in [0.05, 0.1) is 0 Å². The van der Waals surface area contributed by atoms with Crippen molar-refractivity contribution in [1.82, 2.24) is 0 Å². The summed E-state index contributed by atoms with van der Waals surface area (Å²) < 4.78 is 1.01. The van der Waals surface area contributed by atoms with Crippen molar-refractivity contribution >= 4 is 15.9 Å². The summed E-state index contributed by atoms with van der Waals surface area (Å²) in [5, 5.41) is 10.1. The zero-order valence-electron chi connectivity index (χ0n) is 7.63. The van der Waals surface area contributed by atoms with Gasteiger partial charge in [0.1, 0.15) is 5.60 Å². The lowest BCUT2D eigenvalue weighted by molar-refractivity contribution is 0.0418. The Balaban J connectivity index is 2.99. The van der Waals surface area contributed by atoms with Gasteiger partial charge in [-0.05, 0) is 24.1 Å². The molecule has 2 nitrogen and oxygen atoms in total. The zero-order valence-corrected chi connectivity index (χ0v) is 9.21. The number of benzene rings is 1. The molecule has 1 aromatic rings. The van der Waals surface area contributed by atoms with E-state index in [0.717, 1.165) is 10.0 Å². The monoisotopic (exact) mass is 243 g/mol. The Morgan fingerprint density at radius 3 is 2.31 bits per heavy atom. The lowest BCUT2D eigenvalue weighted by Crippen LogP contribution is -2.33. The van der Waals surface area contributed by atoms with Crippen LogP contribution in [0.5, 0.6) is 0 Å². The summed E-state index contributed by atoms with van der Waals surface area (Å²) in [6.45, 7) is 2.18. The fourth-order valence-electron chi connectivity index (χ4n) is 1.23. The van der Waals surface area contributed by atoms with Crippen molar-refractivity contribution in [2.24, 2.45) is 5.73 Å². The highest BCUT2D eigenvalue weighted by Gasteiger charge is 2.24. The largest absolute Gasteiger partial charge is 0.384 e. The Morgan fingerprint density at radius 2 is 1.92 bits per heavy atom. The van der Waals surface area contributed by atoms with Gasteiger partial charge in [0.2, 0.25) is 0 Å². The SMILES string of the molecule is CC[C@@](O)(CN)c1ccc(Br)cc1. The maximum atomic E-state index is 10.1. The topological polar surface area (TPSA) is 46.2 Å². The second-order valence-corrected chi connectivity index (χ2v) is 4.01. The first-order chi connectivity index (χ1) is 6.12. The van der Waals surface area contributed by atoms with Gasteiger partial charge in [-0.3, -0.25) is 0 Å². The van der Waals surface area contributed by atoms with Crippen molar-refractivity contribution in [3.8, 4) is 0 Å². The third-order valence-electron chi connectivity index (χ3n) is 2.30. The van der Waals surface area contributed by atoms with E-state index in [4.69, 9.17) is 5.73 Å². The molecule has 13 heavy (non-hydrogen) atoms. The average Bonchev–Trinajstić information content (AvgIpc) is 2.18. The molecular weight excluding hydrogens is 230 g/mol. The van der Waals surface area contributed by atoms with Crippen LogP contribution in [0.4, 0.5) is 0 Å². The molecular formula is C10H14BrNO. The van der Waals surface area contributed by atoms with Crippen LogP contribution in [0.2, 0.25) is 0 Å². The summed E-state index contributed by atoms with van der Waals surface area (Å²) in [6.07, 6.45) is 0.630. The minimum Gasteiger partial charge on any atom is -0.384 e. The number of rotatable bonds is 3. The molecule has 72 valence electrons. The molecule has 0 aliphatic rings. The number of hydrogen-bond acceptors (Lipinski definition) is 2. The van der Waals surface area contributed by atoms with E-state index >= 15 is 0 Å². The molecule has 0 spiro atoms. The third kappa shape index (κ3) is 2.30. The van der Waals surface area contributed by atoms with Gasteiger partial charge in [-0.2, -0.15) is 0 Å². The summed E-state index contributed by atoms with van der Waals surface area (Å²) in [6, 6.07) is 7.60. The van der Waals surface area contributed by atoms with Gasteiger partial charge in [0.25, 0.3) is 0 Å². The predicted octanol–water partition coefficient (Wildman–Crippen LogP) is 2.01. The Hall–Kier alpha value is -0.380. The maximum Gasteiger partial charge on any atom is 0.102 e.